The Morgan fingerprint density at radius 3 is 3.00 bits per heavy atom. The maximum Gasteiger partial charge on any atom is 0.276 e. The number of nitrogens with zero attached hydrogens (tertiary/aromatic N) is 4. The molecule has 3 heterocycles. The summed E-state index contributed by atoms with van der Waals surface area (Å²) in [6.45, 7) is 4.37. The summed E-state index contributed by atoms with van der Waals surface area (Å²) >= 11 is 0. The van der Waals surface area contributed by atoms with Crippen LogP contribution < -0.4 is 5.32 Å². The van der Waals surface area contributed by atoms with Crippen LogP contribution in [0.15, 0.2) is 6.20 Å². The highest BCUT2D eigenvalue weighted by Crippen LogP contribution is 2.14. The topological polar surface area (TPSA) is 72.3 Å². The van der Waals surface area contributed by atoms with Gasteiger partial charge in [-0.05, 0) is 13.0 Å². The van der Waals surface area contributed by atoms with Crippen LogP contribution in [-0.2, 0) is 4.74 Å². The number of carbonyl (C=O) groups excluding carboxylic acids is 1. The zero-order chi connectivity index (χ0) is 12.4. The Morgan fingerprint density at radius 1 is 1.44 bits per heavy atom. The van der Waals surface area contributed by atoms with E-state index in [1.807, 2.05) is 0 Å². The molecule has 1 aromatic rings. The predicted octanol–water partition coefficient (Wildman–Crippen LogP) is -0.715. The summed E-state index contributed by atoms with van der Waals surface area (Å²) in [7, 11) is 0. The third-order valence-corrected chi connectivity index (χ3v) is 3.44. The number of nitrogens with one attached hydrogen (secondary N) is 1. The first-order chi connectivity index (χ1) is 8.84. The first-order valence-corrected chi connectivity index (χ1v) is 6.34. The predicted molar refractivity (Wildman–Crippen MR) is 63.3 cm³/mol. The zero-order valence-corrected chi connectivity index (χ0v) is 10.2. The van der Waals surface area contributed by atoms with Crippen molar-refractivity contribution in [2.24, 2.45) is 0 Å². The molecule has 0 spiro atoms. The highest BCUT2D eigenvalue weighted by Gasteiger charge is 2.23. The number of ether oxygens (including phenoxy) is 1. The van der Waals surface area contributed by atoms with Crippen LogP contribution >= 0.6 is 0 Å². The SMILES string of the molecule is O=C(c1cn([C@H]2CCNC2)nn1)N1CCOCC1. The zero-order valence-electron chi connectivity index (χ0n) is 10.2. The normalized spacial score (nSPS) is 24.4. The number of carbonyl (C=O) groups is 1. The molecule has 2 saturated heterocycles. The van der Waals surface area contributed by atoms with Gasteiger partial charge in [0.05, 0.1) is 25.5 Å². The highest BCUT2D eigenvalue weighted by atomic mass is 16.5. The molecule has 2 aliphatic heterocycles. The van der Waals surface area contributed by atoms with E-state index in [1.54, 1.807) is 15.8 Å². The number of amides is 1. The molecular weight excluding hydrogens is 234 g/mol. The maximum absolute atomic E-state index is 12.2. The van der Waals surface area contributed by atoms with E-state index in [0.717, 1.165) is 19.5 Å². The van der Waals surface area contributed by atoms with Crippen molar-refractivity contribution in [3.63, 3.8) is 0 Å². The van der Waals surface area contributed by atoms with E-state index < -0.39 is 0 Å². The van der Waals surface area contributed by atoms with Gasteiger partial charge < -0.3 is 15.0 Å². The third kappa shape index (κ3) is 2.23. The highest BCUT2D eigenvalue weighted by molar-refractivity contribution is 5.92. The van der Waals surface area contributed by atoms with Crippen molar-refractivity contribution in [2.75, 3.05) is 39.4 Å². The molecular formula is C11H17N5O2. The fourth-order valence-corrected chi connectivity index (χ4v) is 2.35. The summed E-state index contributed by atoms with van der Waals surface area (Å²) in [5.41, 5.74) is 0.434. The average Bonchev–Trinajstić information content (AvgIpc) is 3.09. The second-order valence-corrected chi connectivity index (χ2v) is 4.63. The molecule has 2 aliphatic rings. The summed E-state index contributed by atoms with van der Waals surface area (Å²) in [5.74, 6) is -0.0458. The second kappa shape index (κ2) is 5.03. The van der Waals surface area contributed by atoms with Gasteiger partial charge in [0, 0.05) is 19.6 Å². The molecule has 7 nitrogen and oxygen atoms in total. The fraction of sp³-hybridized carbons (Fsp3) is 0.727. The lowest BCUT2D eigenvalue weighted by Crippen LogP contribution is -2.40. The summed E-state index contributed by atoms with van der Waals surface area (Å²) in [5, 5.41) is 11.3. The van der Waals surface area contributed by atoms with Crippen LogP contribution in [0.2, 0.25) is 0 Å². The second-order valence-electron chi connectivity index (χ2n) is 4.63. The molecule has 98 valence electrons. The molecule has 0 bridgehead atoms. The van der Waals surface area contributed by atoms with E-state index in [1.165, 1.54) is 0 Å². The van der Waals surface area contributed by atoms with Crippen LogP contribution in [0, 0.1) is 0 Å². The lowest BCUT2D eigenvalue weighted by molar-refractivity contribution is 0.0299. The molecule has 0 aromatic carbocycles. The molecule has 0 saturated carbocycles. The molecule has 7 heteroatoms. The van der Waals surface area contributed by atoms with Crippen molar-refractivity contribution in [1.82, 2.24) is 25.2 Å². The number of morpholine rings is 1. The number of rotatable bonds is 2. The molecule has 1 atom stereocenters. The van der Waals surface area contributed by atoms with Crippen LogP contribution in [0.5, 0.6) is 0 Å². The number of hydrogen-bond donors (Lipinski definition) is 1. The van der Waals surface area contributed by atoms with E-state index >= 15 is 0 Å². The molecule has 0 unspecified atom stereocenters. The summed E-state index contributed by atoms with van der Waals surface area (Å²) in [6, 6.07) is 0.323. The van der Waals surface area contributed by atoms with E-state index in [2.05, 4.69) is 15.6 Å². The first-order valence-electron chi connectivity index (χ1n) is 6.34. The van der Waals surface area contributed by atoms with Gasteiger partial charge in [0.2, 0.25) is 0 Å². The van der Waals surface area contributed by atoms with Gasteiger partial charge in [0.15, 0.2) is 5.69 Å². The van der Waals surface area contributed by atoms with Crippen molar-refractivity contribution in [2.45, 2.75) is 12.5 Å². The van der Waals surface area contributed by atoms with Crippen molar-refractivity contribution in [1.29, 1.82) is 0 Å². The van der Waals surface area contributed by atoms with Gasteiger partial charge >= 0.3 is 0 Å². The lowest BCUT2D eigenvalue weighted by Gasteiger charge is -2.25. The molecule has 2 fully saturated rings. The van der Waals surface area contributed by atoms with Crippen molar-refractivity contribution >= 4 is 5.91 Å². The monoisotopic (exact) mass is 251 g/mol. The lowest BCUT2D eigenvalue weighted by atomic mass is 10.3. The summed E-state index contributed by atoms with van der Waals surface area (Å²) in [4.78, 5) is 13.9. The van der Waals surface area contributed by atoms with Crippen LogP contribution in [0.3, 0.4) is 0 Å². The standard InChI is InChI=1S/C11H17N5O2/c17-11(15-3-5-18-6-4-15)10-8-16(14-13-10)9-1-2-12-7-9/h8-9,12H,1-7H2/t9-/m0/s1. The van der Waals surface area contributed by atoms with E-state index in [4.69, 9.17) is 4.74 Å². The maximum atomic E-state index is 12.2. The van der Waals surface area contributed by atoms with Crippen LogP contribution in [0.25, 0.3) is 0 Å². The van der Waals surface area contributed by atoms with Gasteiger partial charge in [-0.2, -0.15) is 0 Å². The van der Waals surface area contributed by atoms with Crippen molar-refractivity contribution < 1.29 is 9.53 Å². The summed E-state index contributed by atoms with van der Waals surface area (Å²) < 4.78 is 7.03. The number of aromatic nitrogens is 3. The Morgan fingerprint density at radius 2 is 2.28 bits per heavy atom. The van der Waals surface area contributed by atoms with Gasteiger partial charge in [0.25, 0.3) is 5.91 Å². The van der Waals surface area contributed by atoms with E-state index in [0.29, 0.717) is 38.0 Å². The van der Waals surface area contributed by atoms with Gasteiger partial charge in [-0.1, -0.05) is 5.21 Å². The Bertz CT molecular complexity index is 421. The van der Waals surface area contributed by atoms with Crippen LogP contribution in [-0.4, -0.2) is 65.2 Å². The molecule has 1 N–H and O–H groups in total. The van der Waals surface area contributed by atoms with E-state index in [-0.39, 0.29) is 5.91 Å². The minimum Gasteiger partial charge on any atom is -0.378 e. The molecule has 1 aromatic heterocycles. The Hall–Kier alpha value is -1.47. The molecule has 18 heavy (non-hydrogen) atoms. The fourth-order valence-electron chi connectivity index (χ4n) is 2.35. The Balaban J connectivity index is 1.69. The largest absolute Gasteiger partial charge is 0.378 e. The number of hydrogen-bond acceptors (Lipinski definition) is 5. The summed E-state index contributed by atoms with van der Waals surface area (Å²) in [6.07, 6.45) is 2.80. The van der Waals surface area contributed by atoms with E-state index in [9.17, 15) is 4.79 Å². The third-order valence-electron chi connectivity index (χ3n) is 3.44. The molecule has 0 aliphatic carbocycles. The quantitative estimate of drug-likeness (QED) is 0.751. The Labute approximate surface area is 105 Å². The minimum absolute atomic E-state index is 0.0458. The van der Waals surface area contributed by atoms with Crippen LogP contribution in [0.1, 0.15) is 23.0 Å². The molecule has 1 amide bonds. The smallest absolute Gasteiger partial charge is 0.276 e. The van der Waals surface area contributed by atoms with Gasteiger partial charge in [-0.15, -0.1) is 5.10 Å². The molecule has 3 rings (SSSR count). The van der Waals surface area contributed by atoms with Gasteiger partial charge in [-0.3, -0.25) is 4.79 Å². The minimum atomic E-state index is -0.0458. The van der Waals surface area contributed by atoms with Crippen LogP contribution in [0.4, 0.5) is 0 Å². The Kier molecular flexibility index (Phi) is 3.24. The average molecular weight is 251 g/mol. The van der Waals surface area contributed by atoms with Gasteiger partial charge in [-0.25, -0.2) is 4.68 Å². The van der Waals surface area contributed by atoms with Crippen molar-refractivity contribution in [3.05, 3.63) is 11.9 Å². The first kappa shape index (κ1) is 11.6. The molecule has 0 radical (unpaired) electrons. The van der Waals surface area contributed by atoms with Crippen molar-refractivity contribution in [3.8, 4) is 0 Å². The van der Waals surface area contributed by atoms with Gasteiger partial charge in [0.1, 0.15) is 0 Å².